The van der Waals surface area contributed by atoms with Crippen LogP contribution in [0.2, 0.25) is 0 Å². The molecular formula is C16H15N3O3S. The van der Waals surface area contributed by atoms with E-state index in [-0.39, 0.29) is 17.5 Å². The number of rotatable bonds is 5. The summed E-state index contributed by atoms with van der Waals surface area (Å²) in [5.74, 6) is -0.773. The van der Waals surface area contributed by atoms with Gasteiger partial charge in [0.25, 0.3) is 0 Å². The SMILES string of the molecule is CC(Nc1nc2ccc(O)cc2s1)Nc1ccccc1C(=O)O. The number of phenolic OH excluding ortho intramolecular Hbond substituents is 1. The molecule has 0 saturated heterocycles. The van der Waals surface area contributed by atoms with Crippen LogP contribution in [-0.2, 0) is 0 Å². The number of phenols is 1. The molecule has 23 heavy (non-hydrogen) atoms. The number of nitrogens with zero attached hydrogens (tertiary/aromatic N) is 1. The molecule has 1 heterocycles. The number of hydrogen-bond acceptors (Lipinski definition) is 6. The summed E-state index contributed by atoms with van der Waals surface area (Å²) in [5, 5.41) is 25.7. The zero-order valence-electron chi connectivity index (χ0n) is 12.3. The lowest BCUT2D eigenvalue weighted by Crippen LogP contribution is -2.25. The van der Waals surface area contributed by atoms with Crippen molar-refractivity contribution in [2.45, 2.75) is 13.1 Å². The molecule has 0 aliphatic heterocycles. The molecule has 1 unspecified atom stereocenters. The van der Waals surface area contributed by atoms with E-state index in [2.05, 4.69) is 15.6 Å². The monoisotopic (exact) mass is 329 g/mol. The molecule has 0 amide bonds. The van der Waals surface area contributed by atoms with E-state index in [0.717, 1.165) is 10.2 Å². The summed E-state index contributed by atoms with van der Waals surface area (Å²) in [7, 11) is 0. The minimum absolute atomic E-state index is 0.203. The lowest BCUT2D eigenvalue weighted by Gasteiger charge is -2.17. The highest BCUT2D eigenvalue weighted by Gasteiger charge is 2.12. The minimum atomic E-state index is -0.976. The number of benzene rings is 2. The van der Waals surface area contributed by atoms with Crippen molar-refractivity contribution in [1.29, 1.82) is 0 Å². The fraction of sp³-hybridized carbons (Fsp3) is 0.125. The summed E-state index contributed by atoms with van der Waals surface area (Å²) in [6, 6.07) is 11.8. The second-order valence-electron chi connectivity index (χ2n) is 5.03. The van der Waals surface area contributed by atoms with Crippen LogP contribution < -0.4 is 10.6 Å². The Morgan fingerprint density at radius 3 is 2.78 bits per heavy atom. The lowest BCUT2D eigenvalue weighted by molar-refractivity contribution is 0.0698. The third-order valence-electron chi connectivity index (χ3n) is 3.24. The summed E-state index contributed by atoms with van der Waals surface area (Å²) < 4.78 is 0.880. The molecule has 0 aliphatic carbocycles. The van der Waals surface area contributed by atoms with Crippen LogP contribution in [0.25, 0.3) is 10.2 Å². The first-order chi connectivity index (χ1) is 11.0. The molecule has 1 atom stereocenters. The maximum atomic E-state index is 11.2. The van der Waals surface area contributed by atoms with Gasteiger partial charge in [-0.25, -0.2) is 9.78 Å². The van der Waals surface area contributed by atoms with E-state index < -0.39 is 5.97 Å². The first-order valence-corrected chi connectivity index (χ1v) is 7.79. The number of para-hydroxylation sites is 1. The van der Waals surface area contributed by atoms with Crippen LogP contribution in [0, 0.1) is 0 Å². The highest BCUT2D eigenvalue weighted by Crippen LogP contribution is 2.29. The Morgan fingerprint density at radius 2 is 2.00 bits per heavy atom. The van der Waals surface area contributed by atoms with Gasteiger partial charge in [0.1, 0.15) is 5.75 Å². The fourth-order valence-corrected chi connectivity index (χ4v) is 3.21. The van der Waals surface area contributed by atoms with Crippen LogP contribution in [0.3, 0.4) is 0 Å². The number of aromatic nitrogens is 1. The van der Waals surface area contributed by atoms with E-state index in [0.29, 0.717) is 10.8 Å². The predicted octanol–water partition coefficient (Wildman–Crippen LogP) is 3.57. The van der Waals surface area contributed by atoms with Gasteiger partial charge in [-0.1, -0.05) is 23.5 Å². The zero-order chi connectivity index (χ0) is 16.4. The van der Waals surface area contributed by atoms with E-state index in [1.54, 1.807) is 42.5 Å². The molecular weight excluding hydrogens is 314 g/mol. The number of aromatic hydroxyl groups is 1. The van der Waals surface area contributed by atoms with Crippen molar-refractivity contribution < 1.29 is 15.0 Å². The van der Waals surface area contributed by atoms with Crippen molar-refractivity contribution in [3.63, 3.8) is 0 Å². The third kappa shape index (κ3) is 3.35. The number of aromatic carboxylic acids is 1. The standard InChI is InChI=1S/C16H15N3O3S/c1-9(17-12-5-3-2-4-11(12)15(21)22)18-16-19-13-7-6-10(20)8-14(13)23-16/h2-9,17,20H,1H3,(H,18,19)(H,21,22). The van der Waals surface area contributed by atoms with Gasteiger partial charge in [-0.05, 0) is 37.3 Å². The van der Waals surface area contributed by atoms with Crippen LogP contribution in [0.4, 0.5) is 10.8 Å². The van der Waals surface area contributed by atoms with E-state index in [4.69, 9.17) is 0 Å². The maximum absolute atomic E-state index is 11.2. The number of nitrogens with one attached hydrogen (secondary N) is 2. The quantitative estimate of drug-likeness (QED) is 0.535. The average Bonchev–Trinajstić information content (AvgIpc) is 2.88. The van der Waals surface area contributed by atoms with Crippen molar-refractivity contribution in [1.82, 2.24) is 4.98 Å². The third-order valence-corrected chi connectivity index (χ3v) is 4.19. The number of carbonyl (C=O) groups is 1. The normalized spacial score (nSPS) is 12.0. The molecule has 0 bridgehead atoms. The highest BCUT2D eigenvalue weighted by molar-refractivity contribution is 7.22. The molecule has 0 spiro atoms. The molecule has 3 rings (SSSR count). The zero-order valence-corrected chi connectivity index (χ0v) is 13.1. The van der Waals surface area contributed by atoms with Gasteiger partial charge in [0.05, 0.1) is 27.6 Å². The lowest BCUT2D eigenvalue weighted by atomic mass is 10.2. The number of carboxylic acid groups (broad SMARTS) is 1. The molecule has 7 heteroatoms. The molecule has 0 aliphatic rings. The Labute approximate surface area is 136 Å². The van der Waals surface area contributed by atoms with Gasteiger partial charge in [-0.2, -0.15) is 0 Å². The fourth-order valence-electron chi connectivity index (χ4n) is 2.23. The topological polar surface area (TPSA) is 94.5 Å². The predicted molar refractivity (Wildman–Crippen MR) is 91.4 cm³/mol. The molecule has 6 nitrogen and oxygen atoms in total. The maximum Gasteiger partial charge on any atom is 0.337 e. The molecule has 0 fully saturated rings. The second-order valence-corrected chi connectivity index (χ2v) is 6.06. The van der Waals surface area contributed by atoms with Gasteiger partial charge in [-0.15, -0.1) is 0 Å². The molecule has 1 aromatic heterocycles. The largest absolute Gasteiger partial charge is 0.508 e. The van der Waals surface area contributed by atoms with Crippen molar-refractivity contribution in [2.75, 3.05) is 10.6 Å². The first-order valence-electron chi connectivity index (χ1n) is 6.98. The van der Waals surface area contributed by atoms with Crippen LogP contribution in [0.5, 0.6) is 5.75 Å². The number of carboxylic acids is 1. The highest BCUT2D eigenvalue weighted by atomic mass is 32.1. The molecule has 0 saturated carbocycles. The Bertz CT molecular complexity index is 863. The van der Waals surface area contributed by atoms with Crippen molar-refractivity contribution in [3.8, 4) is 5.75 Å². The van der Waals surface area contributed by atoms with E-state index in [1.165, 1.54) is 11.3 Å². The van der Waals surface area contributed by atoms with E-state index >= 15 is 0 Å². The van der Waals surface area contributed by atoms with Gasteiger partial charge < -0.3 is 20.8 Å². The second kappa shape index (κ2) is 6.13. The molecule has 0 radical (unpaired) electrons. The average molecular weight is 329 g/mol. The Morgan fingerprint density at radius 1 is 1.22 bits per heavy atom. The summed E-state index contributed by atoms with van der Waals surface area (Å²) in [6.07, 6.45) is -0.218. The molecule has 3 aromatic rings. The molecule has 118 valence electrons. The van der Waals surface area contributed by atoms with Crippen LogP contribution in [0.1, 0.15) is 17.3 Å². The summed E-state index contributed by atoms with van der Waals surface area (Å²) in [4.78, 5) is 15.6. The minimum Gasteiger partial charge on any atom is -0.508 e. The summed E-state index contributed by atoms with van der Waals surface area (Å²) in [5.41, 5.74) is 1.56. The van der Waals surface area contributed by atoms with Crippen molar-refractivity contribution in [2.24, 2.45) is 0 Å². The van der Waals surface area contributed by atoms with Gasteiger partial charge in [0, 0.05) is 0 Å². The number of thiazole rings is 1. The van der Waals surface area contributed by atoms with Crippen LogP contribution in [0.15, 0.2) is 42.5 Å². The van der Waals surface area contributed by atoms with E-state index in [1.807, 2.05) is 6.92 Å². The summed E-state index contributed by atoms with van der Waals surface area (Å²) in [6.45, 7) is 1.88. The molecule has 2 aromatic carbocycles. The van der Waals surface area contributed by atoms with Gasteiger partial charge in [-0.3, -0.25) is 0 Å². The Hall–Kier alpha value is -2.80. The number of hydrogen-bond donors (Lipinski definition) is 4. The van der Waals surface area contributed by atoms with Gasteiger partial charge in [0.2, 0.25) is 0 Å². The Kier molecular flexibility index (Phi) is 4.03. The van der Waals surface area contributed by atoms with Gasteiger partial charge in [0.15, 0.2) is 5.13 Å². The molecule has 4 N–H and O–H groups in total. The van der Waals surface area contributed by atoms with Crippen LogP contribution >= 0.6 is 11.3 Å². The van der Waals surface area contributed by atoms with E-state index in [9.17, 15) is 15.0 Å². The van der Waals surface area contributed by atoms with Gasteiger partial charge >= 0.3 is 5.97 Å². The van der Waals surface area contributed by atoms with Crippen molar-refractivity contribution in [3.05, 3.63) is 48.0 Å². The number of fused-ring (bicyclic) bond motifs is 1. The first kappa shape index (κ1) is 15.1. The number of anilines is 2. The Balaban J connectivity index is 1.76. The van der Waals surface area contributed by atoms with Crippen molar-refractivity contribution >= 4 is 38.3 Å². The summed E-state index contributed by atoms with van der Waals surface area (Å²) >= 11 is 1.42. The van der Waals surface area contributed by atoms with Crippen LogP contribution in [-0.4, -0.2) is 27.3 Å². The smallest absolute Gasteiger partial charge is 0.337 e.